The molecule has 1 amide bonds. The quantitative estimate of drug-likeness (QED) is 0.789. The lowest BCUT2D eigenvalue weighted by molar-refractivity contribution is -0.118. The van der Waals surface area contributed by atoms with E-state index >= 15 is 0 Å². The van der Waals surface area contributed by atoms with Crippen LogP contribution in [0.25, 0.3) is 0 Å². The molecule has 1 aromatic carbocycles. The fourth-order valence-corrected chi connectivity index (χ4v) is 3.38. The van der Waals surface area contributed by atoms with Gasteiger partial charge in [-0.1, -0.05) is 19.4 Å². The molecule has 0 radical (unpaired) electrons. The Morgan fingerprint density at radius 1 is 1.43 bits per heavy atom. The number of fused-ring (bicyclic) bond motifs is 1. The molecular weight excluding hydrogens is 318 g/mol. The first-order chi connectivity index (χ1) is 10.8. The molecule has 1 aliphatic heterocycles. The zero-order valence-corrected chi connectivity index (χ0v) is 14.4. The van der Waals surface area contributed by atoms with E-state index < -0.39 is 16.3 Å². The number of carbonyl (C=O) groups excluding carboxylic acids is 1. The summed E-state index contributed by atoms with van der Waals surface area (Å²) in [6, 6.07) is 4.82. The highest BCUT2D eigenvalue weighted by Crippen LogP contribution is 2.30. The number of ether oxygens (including phenoxy) is 1. The van der Waals surface area contributed by atoms with Crippen molar-refractivity contribution in [2.24, 2.45) is 0 Å². The van der Waals surface area contributed by atoms with Crippen molar-refractivity contribution < 1.29 is 17.9 Å². The van der Waals surface area contributed by atoms with Crippen LogP contribution in [0.5, 0.6) is 5.75 Å². The molecule has 7 nitrogen and oxygen atoms in total. The molecule has 1 aliphatic rings. The van der Waals surface area contributed by atoms with Crippen LogP contribution in [0.3, 0.4) is 0 Å². The molecule has 23 heavy (non-hydrogen) atoms. The summed E-state index contributed by atoms with van der Waals surface area (Å²) in [5.74, 6) is 0.366. The molecular formula is C15H23N3O4S. The number of nitrogens with one attached hydrogen (secondary N) is 2. The van der Waals surface area contributed by atoms with E-state index in [4.69, 9.17) is 4.74 Å². The molecule has 1 atom stereocenters. The van der Waals surface area contributed by atoms with Crippen molar-refractivity contribution in [1.29, 1.82) is 0 Å². The lowest BCUT2D eigenvalue weighted by atomic mass is 10.1. The first kappa shape index (κ1) is 17.7. The molecule has 0 spiro atoms. The van der Waals surface area contributed by atoms with E-state index in [9.17, 15) is 13.2 Å². The lowest BCUT2D eigenvalue weighted by Gasteiger charge is -2.23. The van der Waals surface area contributed by atoms with Gasteiger partial charge in [-0.05, 0) is 31.0 Å². The number of hydrogen-bond donors (Lipinski definition) is 2. The number of hydrogen-bond acceptors (Lipinski definition) is 4. The van der Waals surface area contributed by atoms with Crippen molar-refractivity contribution in [1.82, 2.24) is 9.03 Å². The number of benzene rings is 1. The molecule has 0 aromatic heterocycles. The number of anilines is 1. The minimum atomic E-state index is -3.55. The van der Waals surface area contributed by atoms with E-state index in [0.29, 0.717) is 18.0 Å². The van der Waals surface area contributed by atoms with Gasteiger partial charge in [0.1, 0.15) is 5.75 Å². The number of nitrogens with zero attached hydrogens (tertiary/aromatic N) is 1. The van der Waals surface area contributed by atoms with Gasteiger partial charge in [0, 0.05) is 19.6 Å². The fraction of sp³-hybridized carbons (Fsp3) is 0.533. The summed E-state index contributed by atoms with van der Waals surface area (Å²) >= 11 is 0. The molecule has 0 fully saturated rings. The Morgan fingerprint density at radius 3 is 2.87 bits per heavy atom. The van der Waals surface area contributed by atoms with E-state index in [2.05, 4.69) is 10.0 Å². The van der Waals surface area contributed by atoms with Gasteiger partial charge in [-0.25, -0.2) is 0 Å². The van der Waals surface area contributed by atoms with Crippen molar-refractivity contribution in [2.75, 3.05) is 25.5 Å². The minimum Gasteiger partial charge on any atom is -0.482 e. The van der Waals surface area contributed by atoms with Gasteiger partial charge >= 0.3 is 0 Å². The molecule has 0 bridgehead atoms. The zero-order chi connectivity index (χ0) is 17.0. The predicted octanol–water partition coefficient (Wildman–Crippen LogP) is 1.64. The number of rotatable bonds is 7. The fourth-order valence-electron chi connectivity index (χ4n) is 2.25. The maximum Gasteiger partial charge on any atom is 0.279 e. The maximum absolute atomic E-state index is 12.3. The summed E-state index contributed by atoms with van der Waals surface area (Å²) in [5.41, 5.74) is 1.31. The molecule has 2 rings (SSSR count). The third kappa shape index (κ3) is 4.43. The van der Waals surface area contributed by atoms with E-state index in [0.717, 1.165) is 18.4 Å². The van der Waals surface area contributed by atoms with Crippen molar-refractivity contribution in [3.05, 3.63) is 23.8 Å². The van der Waals surface area contributed by atoms with Gasteiger partial charge in [0.15, 0.2) is 6.61 Å². The Balaban J connectivity index is 2.10. The zero-order valence-electron chi connectivity index (χ0n) is 13.6. The summed E-state index contributed by atoms with van der Waals surface area (Å²) in [4.78, 5) is 11.4. The van der Waals surface area contributed by atoms with E-state index in [-0.39, 0.29) is 12.5 Å². The highest BCUT2D eigenvalue weighted by molar-refractivity contribution is 7.87. The Bertz CT molecular complexity index is 675. The van der Waals surface area contributed by atoms with Crippen LogP contribution in [0.4, 0.5) is 5.69 Å². The topological polar surface area (TPSA) is 87.7 Å². The molecule has 8 heteroatoms. The van der Waals surface area contributed by atoms with Gasteiger partial charge in [0.05, 0.1) is 5.69 Å². The smallest absolute Gasteiger partial charge is 0.279 e. The van der Waals surface area contributed by atoms with Crippen LogP contribution < -0.4 is 14.8 Å². The molecule has 0 saturated heterocycles. The van der Waals surface area contributed by atoms with Gasteiger partial charge in [0.2, 0.25) is 0 Å². The summed E-state index contributed by atoms with van der Waals surface area (Å²) in [6.45, 7) is 4.25. The highest BCUT2D eigenvalue weighted by Gasteiger charge is 2.22. The van der Waals surface area contributed by atoms with Crippen molar-refractivity contribution >= 4 is 21.8 Å². The van der Waals surface area contributed by atoms with Gasteiger partial charge in [-0.15, -0.1) is 0 Å². The second kappa shape index (κ2) is 7.29. The van der Waals surface area contributed by atoms with Gasteiger partial charge in [-0.3, -0.25) is 4.79 Å². The average Bonchev–Trinajstić information content (AvgIpc) is 2.51. The summed E-state index contributed by atoms with van der Waals surface area (Å²) in [5, 5.41) is 2.72. The third-order valence-corrected chi connectivity index (χ3v) is 5.35. The van der Waals surface area contributed by atoms with E-state index in [1.165, 1.54) is 4.31 Å². The summed E-state index contributed by atoms with van der Waals surface area (Å²) in [6.07, 6.45) is 1.74. The Labute approximate surface area is 137 Å². The van der Waals surface area contributed by atoms with Crippen LogP contribution in [0, 0.1) is 0 Å². The number of unbranched alkanes of at least 4 members (excludes halogenated alkanes) is 1. The first-order valence-electron chi connectivity index (χ1n) is 7.63. The minimum absolute atomic E-state index is 0.00322. The molecule has 0 aliphatic carbocycles. The first-order valence-corrected chi connectivity index (χ1v) is 9.07. The van der Waals surface area contributed by atoms with Crippen LogP contribution >= 0.6 is 0 Å². The predicted molar refractivity (Wildman–Crippen MR) is 88.6 cm³/mol. The van der Waals surface area contributed by atoms with Crippen LogP contribution in [0.15, 0.2) is 18.2 Å². The summed E-state index contributed by atoms with van der Waals surface area (Å²) < 4.78 is 33.8. The highest BCUT2D eigenvalue weighted by atomic mass is 32.2. The van der Waals surface area contributed by atoms with Gasteiger partial charge < -0.3 is 10.1 Å². The van der Waals surface area contributed by atoms with Crippen molar-refractivity contribution in [2.45, 2.75) is 32.7 Å². The molecule has 1 aromatic rings. The molecule has 128 valence electrons. The summed E-state index contributed by atoms with van der Waals surface area (Å²) in [7, 11) is -1.99. The lowest BCUT2D eigenvalue weighted by Crippen LogP contribution is -2.39. The van der Waals surface area contributed by atoms with Crippen molar-refractivity contribution in [3.63, 3.8) is 0 Å². The monoisotopic (exact) mass is 341 g/mol. The molecule has 0 unspecified atom stereocenters. The Kier molecular flexibility index (Phi) is 5.61. The standard InChI is InChI=1S/C15H23N3O4S/c1-4-5-8-18(3)23(20,21)17-11(2)12-6-7-14-13(9-12)16-15(19)10-22-14/h6-7,9,11,17H,4-5,8,10H2,1-3H3,(H,16,19)/t11-/m1/s1. The normalized spacial score (nSPS) is 15.7. The maximum atomic E-state index is 12.3. The molecule has 1 heterocycles. The van der Waals surface area contributed by atoms with E-state index in [1.54, 1.807) is 32.2 Å². The van der Waals surface area contributed by atoms with E-state index in [1.807, 2.05) is 6.92 Å². The van der Waals surface area contributed by atoms with Gasteiger partial charge in [0.25, 0.3) is 16.1 Å². The van der Waals surface area contributed by atoms with Crippen LogP contribution in [0.2, 0.25) is 0 Å². The number of amides is 1. The SMILES string of the molecule is CCCCN(C)S(=O)(=O)N[C@H](C)c1ccc2c(c1)NC(=O)CO2. The van der Waals surface area contributed by atoms with Crippen LogP contribution in [0.1, 0.15) is 38.3 Å². The third-order valence-electron chi connectivity index (χ3n) is 3.70. The van der Waals surface area contributed by atoms with Crippen LogP contribution in [-0.4, -0.2) is 38.8 Å². The average molecular weight is 341 g/mol. The van der Waals surface area contributed by atoms with Crippen LogP contribution in [-0.2, 0) is 15.0 Å². The second-order valence-corrected chi connectivity index (χ2v) is 7.42. The molecule has 2 N–H and O–H groups in total. The van der Waals surface area contributed by atoms with Crippen molar-refractivity contribution in [3.8, 4) is 5.75 Å². The number of carbonyl (C=O) groups is 1. The second-order valence-electron chi connectivity index (χ2n) is 5.61. The Hall–Kier alpha value is -1.64. The molecule has 0 saturated carbocycles. The largest absolute Gasteiger partial charge is 0.482 e. The van der Waals surface area contributed by atoms with Gasteiger partial charge in [-0.2, -0.15) is 17.4 Å². The Morgan fingerprint density at radius 2 is 2.17 bits per heavy atom.